The van der Waals surface area contributed by atoms with Gasteiger partial charge in [0.15, 0.2) is 6.61 Å². The molecular weight excluding hydrogens is 306 g/mol. The van der Waals surface area contributed by atoms with E-state index >= 15 is 0 Å². The Labute approximate surface area is 144 Å². The average molecular weight is 335 g/mol. The minimum atomic E-state index is -0.128. The van der Waals surface area contributed by atoms with Gasteiger partial charge in [-0.25, -0.2) is 0 Å². The van der Waals surface area contributed by atoms with Gasteiger partial charge >= 0.3 is 0 Å². The zero-order chi connectivity index (χ0) is 17.0. The van der Waals surface area contributed by atoms with Gasteiger partial charge in [0.2, 0.25) is 0 Å². The van der Waals surface area contributed by atoms with Gasteiger partial charge in [-0.3, -0.25) is 4.79 Å². The molecule has 0 radical (unpaired) electrons. The molecule has 24 heavy (non-hydrogen) atoms. The van der Waals surface area contributed by atoms with Crippen molar-refractivity contribution < 1.29 is 19.0 Å². The first-order valence-electron chi connectivity index (χ1n) is 9.02. The molecule has 1 atom stereocenters. The lowest BCUT2D eigenvalue weighted by molar-refractivity contribution is -0.123. The fourth-order valence-electron chi connectivity index (χ4n) is 2.61. The van der Waals surface area contributed by atoms with Gasteiger partial charge in [0.05, 0.1) is 12.7 Å². The molecule has 1 heterocycles. The number of hydrogen-bond donors (Lipinski definition) is 1. The lowest BCUT2D eigenvalue weighted by atomic mass is 10.2. The predicted octanol–water partition coefficient (Wildman–Crippen LogP) is 3.32. The zero-order valence-corrected chi connectivity index (χ0v) is 14.6. The van der Waals surface area contributed by atoms with Crippen LogP contribution in [0.1, 0.15) is 45.4 Å². The molecule has 1 aromatic rings. The molecule has 2 rings (SSSR count). The molecule has 0 saturated carbocycles. The van der Waals surface area contributed by atoms with Gasteiger partial charge in [-0.2, -0.15) is 0 Å². The molecule has 5 nitrogen and oxygen atoms in total. The van der Waals surface area contributed by atoms with E-state index in [-0.39, 0.29) is 18.6 Å². The summed E-state index contributed by atoms with van der Waals surface area (Å²) in [4.78, 5) is 11.8. The molecule has 0 aromatic heterocycles. The van der Waals surface area contributed by atoms with Crippen molar-refractivity contribution in [3.63, 3.8) is 0 Å². The first kappa shape index (κ1) is 18.6. The van der Waals surface area contributed by atoms with E-state index in [1.807, 2.05) is 24.3 Å². The van der Waals surface area contributed by atoms with Gasteiger partial charge in [0.1, 0.15) is 11.5 Å². The van der Waals surface area contributed by atoms with Crippen LogP contribution in [0.25, 0.3) is 0 Å². The predicted molar refractivity (Wildman–Crippen MR) is 93.6 cm³/mol. The largest absolute Gasteiger partial charge is 0.493 e. The average Bonchev–Trinajstić information content (AvgIpc) is 3.12. The number of amides is 1. The lowest BCUT2D eigenvalue weighted by Gasteiger charge is -2.12. The van der Waals surface area contributed by atoms with E-state index in [1.54, 1.807) is 0 Å². The molecule has 1 fully saturated rings. The lowest BCUT2D eigenvalue weighted by Crippen LogP contribution is -2.35. The van der Waals surface area contributed by atoms with Crippen molar-refractivity contribution in [3.8, 4) is 11.5 Å². The molecule has 0 aliphatic carbocycles. The number of hydrogen-bond acceptors (Lipinski definition) is 4. The topological polar surface area (TPSA) is 56.8 Å². The van der Waals surface area contributed by atoms with Gasteiger partial charge in [0, 0.05) is 19.2 Å². The van der Waals surface area contributed by atoms with Crippen molar-refractivity contribution in [3.05, 3.63) is 24.3 Å². The summed E-state index contributed by atoms with van der Waals surface area (Å²) in [5.41, 5.74) is 0. The molecule has 0 spiro atoms. The molecule has 1 aliphatic rings. The molecule has 1 saturated heterocycles. The molecule has 1 aromatic carbocycles. The third-order valence-electron chi connectivity index (χ3n) is 3.99. The summed E-state index contributed by atoms with van der Waals surface area (Å²) in [6.45, 7) is 4.27. The summed E-state index contributed by atoms with van der Waals surface area (Å²) < 4.78 is 16.7. The highest BCUT2D eigenvalue weighted by Crippen LogP contribution is 2.19. The standard InChI is InChI=1S/C19H29NO4/c1-2-3-4-5-11-22-16-8-6-9-17(13-16)24-15-19(21)20-14-18-10-7-12-23-18/h6,8-9,13,18H,2-5,7,10-12,14-15H2,1H3,(H,20,21). The van der Waals surface area contributed by atoms with E-state index in [1.165, 1.54) is 19.3 Å². The number of nitrogens with one attached hydrogen (secondary N) is 1. The SMILES string of the molecule is CCCCCCOc1cccc(OCC(=O)NCC2CCCO2)c1. The fourth-order valence-corrected chi connectivity index (χ4v) is 2.61. The number of ether oxygens (including phenoxy) is 3. The van der Waals surface area contributed by atoms with Crippen molar-refractivity contribution in [2.45, 2.75) is 51.6 Å². The number of benzene rings is 1. The molecule has 1 N–H and O–H groups in total. The van der Waals surface area contributed by atoms with E-state index < -0.39 is 0 Å². The Morgan fingerprint density at radius 3 is 2.83 bits per heavy atom. The van der Waals surface area contributed by atoms with Gasteiger partial charge < -0.3 is 19.5 Å². The van der Waals surface area contributed by atoms with Crippen LogP contribution in [-0.4, -0.2) is 38.4 Å². The molecular formula is C19H29NO4. The van der Waals surface area contributed by atoms with Crippen LogP contribution in [0.15, 0.2) is 24.3 Å². The summed E-state index contributed by atoms with van der Waals surface area (Å²) >= 11 is 0. The highest BCUT2D eigenvalue weighted by atomic mass is 16.5. The normalized spacial score (nSPS) is 16.8. The molecule has 1 aliphatic heterocycles. The van der Waals surface area contributed by atoms with Gasteiger partial charge in [-0.15, -0.1) is 0 Å². The highest BCUT2D eigenvalue weighted by Gasteiger charge is 2.16. The van der Waals surface area contributed by atoms with Crippen molar-refractivity contribution in [1.29, 1.82) is 0 Å². The van der Waals surface area contributed by atoms with Crippen LogP contribution in [0, 0.1) is 0 Å². The third-order valence-corrected chi connectivity index (χ3v) is 3.99. The van der Waals surface area contributed by atoms with Crippen LogP contribution in [0.2, 0.25) is 0 Å². The Balaban J connectivity index is 1.64. The number of unbranched alkanes of at least 4 members (excludes halogenated alkanes) is 3. The van der Waals surface area contributed by atoms with Crippen LogP contribution < -0.4 is 14.8 Å². The van der Waals surface area contributed by atoms with Crippen molar-refractivity contribution in [1.82, 2.24) is 5.32 Å². The Morgan fingerprint density at radius 2 is 2.08 bits per heavy atom. The minimum Gasteiger partial charge on any atom is -0.493 e. The first-order chi connectivity index (χ1) is 11.8. The summed E-state index contributed by atoms with van der Waals surface area (Å²) in [6.07, 6.45) is 6.95. The summed E-state index contributed by atoms with van der Waals surface area (Å²) in [5, 5.41) is 2.84. The third kappa shape index (κ3) is 7.21. The summed E-state index contributed by atoms with van der Waals surface area (Å²) in [6, 6.07) is 7.44. The Kier molecular flexibility index (Phi) is 8.46. The van der Waals surface area contributed by atoms with Gasteiger partial charge in [0.25, 0.3) is 5.91 Å². The second-order valence-electron chi connectivity index (χ2n) is 6.11. The van der Waals surface area contributed by atoms with E-state index in [4.69, 9.17) is 14.2 Å². The van der Waals surface area contributed by atoms with Gasteiger partial charge in [-0.1, -0.05) is 32.3 Å². The minimum absolute atomic E-state index is 0.00662. The maximum absolute atomic E-state index is 11.8. The van der Waals surface area contributed by atoms with Crippen molar-refractivity contribution >= 4 is 5.91 Å². The second kappa shape index (κ2) is 10.9. The second-order valence-corrected chi connectivity index (χ2v) is 6.11. The number of rotatable bonds is 11. The maximum Gasteiger partial charge on any atom is 0.258 e. The molecule has 1 amide bonds. The molecule has 5 heteroatoms. The monoisotopic (exact) mass is 335 g/mol. The zero-order valence-electron chi connectivity index (χ0n) is 14.6. The van der Waals surface area contributed by atoms with E-state index in [0.29, 0.717) is 18.9 Å². The van der Waals surface area contributed by atoms with Crippen LogP contribution in [-0.2, 0) is 9.53 Å². The summed E-state index contributed by atoms with van der Waals surface area (Å²) in [7, 11) is 0. The van der Waals surface area contributed by atoms with Crippen LogP contribution in [0.3, 0.4) is 0 Å². The molecule has 0 bridgehead atoms. The van der Waals surface area contributed by atoms with Crippen LogP contribution >= 0.6 is 0 Å². The van der Waals surface area contributed by atoms with E-state index in [9.17, 15) is 4.79 Å². The maximum atomic E-state index is 11.8. The number of carbonyl (C=O) groups excluding carboxylic acids is 1. The molecule has 1 unspecified atom stereocenters. The summed E-state index contributed by atoms with van der Waals surface area (Å²) in [5.74, 6) is 1.30. The van der Waals surface area contributed by atoms with Crippen LogP contribution in [0.5, 0.6) is 11.5 Å². The van der Waals surface area contributed by atoms with E-state index in [2.05, 4.69) is 12.2 Å². The Hall–Kier alpha value is -1.75. The van der Waals surface area contributed by atoms with Crippen molar-refractivity contribution in [2.75, 3.05) is 26.4 Å². The Morgan fingerprint density at radius 1 is 1.25 bits per heavy atom. The fraction of sp³-hybridized carbons (Fsp3) is 0.632. The Bertz CT molecular complexity index is 486. The first-order valence-corrected chi connectivity index (χ1v) is 9.02. The number of carbonyl (C=O) groups is 1. The van der Waals surface area contributed by atoms with Crippen LogP contribution in [0.4, 0.5) is 0 Å². The van der Waals surface area contributed by atoms with Crippen molar-refractivity contribution in [2.24, 2.45) is 0 Å². The highest BCUT2D eigenvalue weighted by molar-refractivity contribution is 5.77. The smallest absolute Gasteiger partial charge is 0.258 e. The quantitative estimate of drug-likeness (QED) is 0.630. The van der Waals surface area contributed by atoms with E-state index in [0.717, 1.165) is 31.6 Å². The molecule has 134 valence electrons. The van der Waals surface area contributed by atoms with Gasteiger partial charge in [-0.05, 0) is 31.4 Å².